The normalized spacial score (nSPS) is 29.9. The van der Waals surface area contributed by atoms with E-state index in [1.807, 2.05) is 0 Å². The molecule has 0 aliphatic carbocycles. The summed E-state index contributed by atoms with van der Waals surface area (Å²) in [5.41, 5.74) is 3.81. The molecule has 2 aliphatic rings. The van der Waals surface area contributed by atoms with Gasteiger partial charge < -0.3 is 30.3 Å². The van der Waals surface area contributed by atoms with Crippen molar-refractivity contribution < 1.29 is 33.7 Å². The summed E-state index contributed by atoms with van der Waals surface area (Å²) in [4.78, 5) is 51.8. The Bertz CT molecular complexity index is 1330. The SMILES string of the molecule is Cc1cn([C@H]2C[C@H](O)[C@@H](COP(=O)(O)N[C@H]3C[C@H](n4ccc(N)nc4=O)O[C@@H]3CO)O2)c(=O)[nH]c1=O. The number of aryl methyl sites for hydroxylation is 1. The maximum Gasteiger partial charge on any atom is 0.403 e. The monoisotopic (exact) mass is 530 g/mol. The summed E-state index contributed by atoms with van der Waals surface area (Å²) in [7, 11) is -4.50. The molecular formula is C19H27N6O10P. The van der Waals surface area contributed by atoms with E-state index in [0.717, 1.165) is 9.13 Å². The van der Waals surface area contributed by atoms with Crippen molar-refractivity contribution in [1.29, 1.82) is 0 Å². The van der Waals surface area contributed by atoms with Crippen LogP contribution in [0, 0.1) is 6.92 Å². The number of H-pyrrole nitrogens is 1. The van der Waals surface area contributed by atoms with Gasteiger partial charge in [0, 0.05) is 30.8 Å². The Labute approximate surface area is 202 Å². The predicted octanol–water partition coefficient (Wildman–Crippen LogP) is -2.31. The minimum absolute atomic E-state index is 0.0162. The Morgan fingerprint density at radius 2 is 1.94 bits per heavy atom. The van der Waals surface area contributed by atoms with Crippen LogP contribution in [0.4, 0.5) is 5.82 Å². The van der Waals surface area contributed by atoms with Crippen LogP contribution in [-0.2, 0) is 18.6 Å². The van der Waals surface area contributed by atoms with Crippen LogP contribution in [0.15, 0.2) is 32.8 Å². The van der Waals surface area contributed by atoms with E-state index in [4.69, 9.17) is 19.7 Å². The number of anilines is 1. The molecule has 198 valence electrons. The van der Waals surface area contributed by atoms with Gasteiger partial charge in [-0.2, -0.15) is 4.98 Å². The number of nitrogens with two attached hydrogens (primary N) is 1. The number of ether oxygens (including phenoxy) is 2. The summed E-state index contributed by atoms with van der Waals surface area (Å²) in [5, 5.41) is 22.4. The Morgan fingerprint density at radius 1 is 1.25 bits per heavy atom. The zero-order valence-corrected chi connectivity index (χ0v) is 20.0. The van der Waals surface area contributed by atoms with Crippen LogP contribution in [0.3, 0.4) is 0 Å². The average Bonchev–Trinajstić information content (AvgIpc) is 3.37. The summed E-state index contributed by atoms with van der Waals surface area (Å²) in [6, 6.07) is 0.521. The summed E-state index contributed by atoms with van der Waals surface area (Å²) in [6.07, 6.45) is -2.21. The number of aliphatic hydroxyl groups excluding tert-OH is 2. The van der Waals surface area contributed by atoms with E-state index in [1.54, 1.807) is 0 Å². The molecule has 2 saturated heterocycles. The molecular weight excluding hydrogens is 503 g/mol. The molecule has 0 radical (unpaired) electrons. The average molecular weight is 530 g/mol. The van der Waals surface area contributed by atoms with Gasteiger partial charge in [-0.1, -0.05) is 0 Å². The molecule has 2 aliphatic heterocycles. The van der Waals surface area contributed by atoms with Crippen LogP contribution in [0.25, 0.3) is 0 Å². The number of aromatic nitrogens is 4. The molecule has 0 bridgehead atoms. The molecule has 0 saturated carbocycles. The maximum atomic E-state index is 12.7. The highest BCUT2D eigenvalue weighted by Gasteiger charge is 2.42. The van der Waals surface area contributed by atoms with E-state index >= 15 is 0 Å². The van der Waals surface area contributed by atoms with E-state index in [1.165, 1.54) is 25.4 Å². The van der Waals surface area contributed by atoms with Crippen LogP contribution in [-0.4, -0.2) is 71.8 Å². The maximum absolute atomic E-state index is 12.7. The number of hydrogen-bond acceptors (Lipinski definition) is 11. The van der Waals surface area contributed by atoms with E-state index < -0.39 is 74.7 Å². The Hall–Kier alpha value is -2.69. The molecule has 16 nitrogen and oxygen atoms in total. The molecule has 17 heteroatoms. The fourth-order valence-electron chi connectivity index (χ4n) is 4.11. The Balaban J connectivity index is 1.37. The lowest BCUT2D eigenvalue weighted by Gasteiger charge is -2.23. The highest BCUT2D eigenvalue weighted by Crippen LogP contribution is 2.42. The third kappa shape index (κ3) is 5.66. The van der Waals surface area contributed by atoms with Gasteiger partial charge in [-0.15, -0.1) is 0 Å². The molecule has 0 aromatic carbocycles. The fraction of sp³-hybridized carbons (Fsp3) is 0.579. The molecule has 2 fully saturated rings. The minimum atomic E-state index is -4.50. The van der Waals surface area contributed by atoms with Crippen LogP contribution >= 0.6 is 7.75 Å². The molecule has 2 aromatic heterocycles. The Kier molecular flexibility index (Phi) is 7.59. The van der Waals surface area contributed by atoms with Crippen molar-refractivity contribution in [2.24, 2.45) is 0 Å². The molecule has 4 rings (SSSR count). The van der Waals surface area contributed by atoms with Gasteiger partial charge in [-0.3, -0.25) is 23.4 Å². The first kappa shape index (κ1) is 26.4. The smallest absolute Gasteiger partial charge is 0.394 e. The zero-order valence-electron chi connectivity index (χ0n) is 19.1. The highest BCUT2D eigenvalue weighted by atomic mass is 31.2. The second kappa shape index (κ2) is 10.4. The number of rotatable bonds is 8. The first-order valence-electron chi connectivity index (χ1n) is 11.0. The summed E-state index contributed by atoms with van der Waals surface area (Å²) >= 11 is 0. The van der Waals surface area contributed by atoms with Gasteiger partial charge in [0.25, 0.3) is 5.56 Å². The van der Waals surface area contributed by atoms with Gasteiger partial charge in [-0.25, -0.2) is 19.2 Å². The van der Waals surface area contributed by atoms with E-state index in [9.17, 15) is 34.1 Å². The first-order valence-corrected chi connectivity index (χ1v) is 12.6. The van der Waals surface area contributed by atoms with E-state index in [0.29, 0.717) is 0 Å². The molecule has 1 unspecified atom stereocenters. The topological polar surface area (TPSA) is 233 Å². The van der Waals surface area contributed by atoms with Gasteiger partial charge in [-0.05, 0) is 13.0 Å². The molecule has 36 heavy (non-hydrogen) atoms. The van der Waals surface area contributed by atoms with Crippen molar-refractivity contribution in [3.63, 3.8) is 0 Å². The number of nitrogen functional groups attached to an aromatic ring is 1. The summed E-state index contributed by atoms with van der Waals surface area (Å²) in [5.74, 6) is 0.0232. The lowest BCUT2D eigenvalue weighted by Crippen LogP contribution is -2.37. The van der Waals surface area contributed by atoms with Crippen molar-refractivity contribution in [3.05, 3.63) is 55.3 Å². The quantitative estimate of drug-likeness (QED) is 0.197. The molecule has 7 N–H and O–H groups in total. The van der Waals surface area contributed by atoms with Gasteiger partial charge in [0.2, 0.25) is 0 Å². The van der Waals surface area contributed by atoms with Crippen LogP contribution in [0.5, 0.6) is 0 Å². The van der Waals surface area contributed by atoms with Gasteiger partial charge in [0.05, 0.1) is 31.5 Å². The molecule has 0 amide bonds. The number of aromatic amines is 1. The molecule has 2 aromatic rings. The molecule has 0 spiro atoms. The number of nitrogens with one attached hydrogen (secondary N) is 2. The Morgan fingerprint density at radius 3 is 2.64 bits per heavy atom. The van der Waals surface area contributed by atoms with Gasteiger partial charge >= 0.3 is 19.1 Å². The van der Waals surface area contributed by atoms with Crippen molar-refractivity contribution in [1.82, 2.24) is 24.2 Å². The predicted molar refractivity (Wildman–Crippen MR) is 122 cm³/mol. The summed E-state index contributed by atoms with van der Waals surface area (Å²) in [6.45, 7) is 0.494. The zero-order chi connectivity index (χ0) is 26.2. The summed E-state index contributed by atoms with van der Waals surface area (Å²) < 4.78 is 31.3. The molecule has 4 heterocycles. The van der Waals surface area contributed by atoms with Crippen LogP contribution in [0.1, 0.15) is 30.9 Å². The number of hydrogen-bond donors (Lipinski definition) is 6. The van der Waals surface area contributed by atoms with Crippen molar-refractivity contribution >= 4 is 13.6 Å². The fourth-order valence-corrected chi connectivity index (χ4v) is 5.22. The standard InChI is InChI=1S/C19H27N6O10P/c1-9-6-25(19(30)22-17(9)28)16-5-11(27)13(35-16)8-33-36(31,32)23-10-4-15(34-12(10)7-26)24-3-2-14(20)21-18(24)29/h2-3,6,10-13,15-16,26-27H,4-5,7-8H2,1H3,(H2,20,21,29)(H,22,28,30)(H2,23,31,32)/t10-,11-,12+,13+,15+,16+/m0/s1. The third-order valence-electron chi connectivity index (χ3n) is 5.98. The minimum Gasteiger partial charge on any atom is -0.394 e. The van der Waals surface area contributed by atoms with Gasteiger partial charge in [0.15, 0.2) is 0 Å². The van der Waals surface area contributed by atoms with Gasteiger partial charge in [0.1, 0.15) is 24.4 Å². The third-order valence-corrected chi connectivity index (χ3v) is 7.14. The largest absolute Gasteiger partial charge is 0.403 e. The van der Waals surface area contributed by atoms with Crippen molar-refractivity contribution in [3.8, 4) is 0 Å². The number of aliphatic hydroxyl groups is 2. The van der Waals surface area contributed by atoms with Crippen LogP contribution in [0.2, 0.25) is 0 Å². The van der Waals surface area contributed by atoms with Crippen molar-refractivity contribution in [2.75, 3.05) is 18.9 Å². The first-order chi connectivity index (χ1) is 17.0. The second-order valence-corrected chi connectivity index (χ2v) is 10.1. The van der Waals surface area contributed by atoms with Crippen LogP contribution < -0.4 is 27.8 Å². The lowest BCUT2D eigenvalue weighted by atomic mass is 10.1. The molecule has 7 atom stereocenters. The second-order valence-electron chi connectivity index (χ2n) is 8.55. The van der Waals surface area contributed by atoms with E-state index in [2.05, 4.69) is 15.1 Å². The number of nitrogens with zero attached hydrogens (tertiary/aromatic N) is 3. The van der Waals surface area contributed by atoms with Crippen molar-refractivity contribution in [2.45, 2.75) is 56.6 Å². The lowest BCUT2D eigenvalue weighted by molar-refractivity contribution is -0.0435. The van der Waals surface area contributed by atoms with E-state index in [-0.39, 0.29) is 24.2 Å². The highest BCUT2D eigenvalue weighted by molar-refractivity contribution is 7.50.